The van der Waals surface area contributed by atoms with E-state index in [4.69, 9.17) is 9.47 Å². The van der Waals surface area contributed by atoms with Gasteiger partial charge in [-0.3, -0.25) is 4.79 Å². The van der Waals surface area contributed by atoms with Gasteiger partial charge in [-0.2, -0.15) is 0 Å². The highest BCUT2D eigenvalue weighted by atomic mass is 16.5. The number of rotatable bonds is 4. The Morgan fingerprint density at radius 2 is 1.88 bits per heavy atom. The lowest BCUT2D eigenvalue weighted by Gasteiger charge is -2.16. The molecule has 0 saturated carbocycles. The summed E-state index contributed by atoms with van der Waals surface area (Å²) in [6.45, 7) is 3.86. The quantitative estimate of drug-likeness (QED) is 0.805. The number of hydrogen-bond acceptors (Lipinski definition) is 3. The lowest BCUT2D eigenvalue weighted by atomic mass is 10.2. The van der Waals surface area contributed by atoms with Crippen molar-refractivity contribution in [2.45, 2.75) is 20.0 Å². The van der Waals surface area contributed by atoms with E-state index < -0.39 is 0 Å². The van der Waals surface area contributed by atoms with Gasteiger partial charge in [0.15, 0.2) is 11.5 Å². The molecule has 1 amide bonds. The third kappa shape index (κ3) is 3.37. The number of carbonyl (C=O) groups excluding carboxylic acids is 1. The van der Waals surface area contributed by atoms with E-state index in [0.29, 0.717) is 17.1 Å². The molecule has 0 spiro atoms. The second-order valence-corrected chi connectivity index (χ2v) is 4.23. The monoisotopic (exact) mass is 237 g/mol. The van der Waals surface area contributed by atoms with Crippen LogP contribution in [0.15, 0.2) is 18.2 Å². The Morgan fingerprint density at radius 1 is 1.24 bits per heavy atom. The van der Waals surface area contributed by atoms with Crippen LogP contribution in [0.3, 0.4) is 0 Å². The lowest BCUT2D eigenvalue weighted by Crippen LogP contribution is -2.21. The van der Waals surface area contributed by atoms with E-state index in [1.165, 1.54) is 4.90 Å². The Balaban J connectivity index is 3.08. The van der Waals surface area contributed by atoms with Crippen LogP contribution in [0.4, 0.5) is 0 Å². The van der Waals surface area contributed by atoms with Crippen molar-refractivity contribution in [1.29, 1.82) is 0 Å². The summed E-state index contributed by atoms with van der Waals surface area (Å²) in [4.78, 5) is 13.3. The molecule has 0 heterocycles. The van der Waals surface area contributed by atoms with Crippen molar-refractivity contribution in [3.63, 3.8) is 0 Å². The van der Waals surface area contributed by atoms with Crippen molar-refractivity contribution in [3.05, 3.63) is 23.8 Å². The molecule has 0 radical (unpaired) electrons. The van der Waals surface area contributed by atoms with Gasteiger partial charge in [0.25, 0.3) is 5.91 Å². The Labute approximate surface area is 102 Å². The summed E-state index contributed by atoms with van der Waals surface area (Å²) in [5.41, 5.74) is 0.589. The molecule has 0 unspecified atom stereocenters. The van der Waals surface area contributed by atoms with Crippen molar-refractivity contribution in [3.8, 4) is 11.5 Å². The number of benzene rings is 1. The molecule has 0 aliphatic heterocycles. The summed E-state index contributed by atoms with van der Waals surface area (Å²) in [7, 11) is 5.01. The first-order valence-corrected chi connectivity index (χ1v) is 5.52. The Hall–Kier alpha value is -1.71. The van der Waals surface area contributed by atoms with Crippen molar-refractivity contribution < 1.29 is 14.3 Å². The predicted octanol–water partition coefficient (Wildman–Crippen LogP) is 2.18. The van der Waals surface area contributed by atoms with Crippen LogP contribution in [0.2, 0.25) is 0 Å². The van der Waals surface area contributed by atoms with E-state index in [2.05, 4.69) is 0 Å². The Morgan fingerprint density at radius 3 is 2.35 bits per heavy atom. The second-order valence-electron chi connectivity index (χ2n) is 4.23. The normalized spacial score (nSPS) is 10.2. The summed E-state index contributed by atoms with van der Waals surface area (Å²) in [6.07, 6.45) is 0.0357. The van der Waals surface area contributed by atoms with Gasteiger partial charge < -0.3 is 14.4 Å². The highest BCUT2D eigenvalue weighted by Crippen LogP contribution is 2.29. The molecule has 1 aromatic rings. The maximum absolute atomic E-state index is 11.8. The van der Waals surface area contributed by atoms with E-state index in [9.17, 15) is 4.79 Å². The van der Waals surface area contributed by atoms with Gasteiger partial charge in [0.2, 0.25) is 0 Å². The fourth-order valence-electron chi connectivity index (χ4n) is 1.41. The molecule has 0 saturated heterocycles. The fraction of sp³-hybridized carbons (Fsp3) is 0.462. The van der Waals surface area contributed by atoms with Gasteiger partial charge in [-0.1, -0.05) is 0 Å². The maximum atomic E-state index is 11.8. The zero-order valence-electron chi connectivity index (χ0n) is 11.0. The van der Waals surface area contributed by atoms with Crippen LogP contribution >= 0.6 is 0 Å². The summed E-state index contributed by atoms with van der Waals surface area (Å²) in [5.74, 6) is 1.17. The molecule has 4 heteroatoms. The van der Waals surface area contributed by atoms with E-state index >= 15 is 0 Å². The summed E-state index contributed by atoms with van der Waals surface area (Å²) in [6, 6.07) is 5.18. The number of amides is 1. The van der Waals surface area contributed by atoms with Crippen molar-refractivity contribution >= 4 is 5.91 Å². The molecule has 1 aromatic carbocycles. The molecule has 0 N–H and O–H groups in total. The zero-order valence-corrected chi connectivity index (χ0v) is 11.0. The number of hydrogen-bond donors (Lipinski definition) is 0. The van der Waals surface area contributed by atoms with Crippen LogP contribution in [0.5, 0.6) is 11.5 Å². The summed E-state index contributed by atoms with van der Waals surface area (Å²) < 4.78 is 10.8. The molecular formula is C13H19NO3. The van der Waals surface area contributed by atoms with E-state index in [0.717, 1.165) is 0 Å². The van der Waals surface area contributed by atoms with Crippen LogP contribution < -0.4 is 9.47 Å². The minimum absolute atomic E-state index is 0.0357. The minimum Gasteiger partial charge on any atom is -0.493 e. The number of nitrogens with zero attached hydrogens (tertiary/aromatic N) is 1. The minimum atomic E-state index is -0.0544. The standard InChI is InChI=1S/C13H19NO3/c1-9(2)17-12-8-10(13(15)14(3)4)6-7-11(12)16-5/h6-9H,1-5H3. The van der Waals surface area contributed by atoms with Gasteiger partial charge in [-0.25, -0.2) is 0 Å². The fourth-order valence-corrected chi connectivity index (χ4v) is 1.41. The molecule has 0 aliphatic carbocycles. The highest BCUT2D eigenvalue weighted by molar-refractivity contribution is 5.94. The maximum Gasteiger partial charge on any atom is 0.253 e. The first-order chi connectivity index (χ1) is 7.95. The van der Waals surface area contributed by atoms with Crippen LogP contribution in [-0.2, 0) is 0 Å². The Bertz CT molecular complexity index is 400. The first-order valence-electron chi connectivity index (χ1n) is 5.52. The molecule has 94 valence electrons. The summed E-state index contributed by atoms with van der Waals surface area (Å²) >= 11 is 0. The topological polar surface area (TPSA) is 38.8 Å². The average Bonchev–Trinajstić information content (AvgIpc) is 2.27. The van der Waals surface area contributed by atoms with E-state index in [1.54, 1.807) is 39.4 Å². The average molecular weight is 237 g/mol. The van der Waals surface area contributed by atoms with Crippen molar-refractivity contribution in [1.82, 2.24) is 4.90 Å². The molecule has 0 fully saturated rings. The van der Waals surface area contributed by atoms with E-state index in [-0.39, 0.29) is 12.0 Å². The number of ether oxygens (including phenoxy) is 2. The molecule has 0 bridgehead atoms. The van der Waals surface area contributed by atoms with Crippen LogP contribution in [0.1, 0.15) is 24.2 Å². The first kappa shape index (κ1) is 13.4. The smallest absolute Gasteiger partial charge is 0.253 e. The predicted molar refractivity (Wildman–Crippen MR) is 66.8 cm³/mol. The SMILES string of the molecule is COc1ccc(C(=O)N(C)C)cc1OC(C)C. The van der Waals surface area contributed by atoms with Crippen molar-refractivity contribution in [2.24, 2.45) is 0 Å². The number of methoxy groups -OCH3 is 1. The highest BCUT2D eigenvalue weighted by Gasteiger charge is 2.13. The molecule has 0 aromatic heterocycles. The van der Waals surface area contributed by atoms with Gasteiger partial charge in [0.05, 0.1) is 13.2 Å². The third-order valence-corrected chi connectivity index (χ3v) is 2.18. The van der Waals surface area contributed by atoms with Gasteiger partial charge in [0, 0.05) is 19.7 Å². The zero-order chi connectivity index (χ0) is 13.0. The molecule has 4 nitrogen and oxygen atoms in total. The Kier molecular flexibility index (Phi) is 4.37. The van der Waals surface area contributed by atoms with E-state index in [1.807, 2.05) is 13.8 Å². The summed E-state index contributed by atoms with van der Waals surface area (Å²) in [5, 5.41) is 0. The number of carbonyl (C=O) groups is 1. The van der Waals surface area contributed by atoms with Crippen LogP contribution in [0.25, 0.3) is 0 Å². The second kappa shape index (κ2) is 5.57. The van der Waals surface area contributed by atoms with Gasteiger partial charge in [0.1, 0.15) is 0 Å². The third-order valence-electron chi connectivity index (χ3n) is 2.18. The van der Waals surface area contributed by atoms with Crippen LogP contribution in [-0.4, -0.2) is 38.1 Å². The van der Waals surface area contributed by atoms with Gasteiger partial charge >= 0.3 is 0 Å². The van der Waals surface area contributed by atoms with Crippen molar-refractivity contribution in [2.75, 3.05) is 21.2 Å². The molecule has 0 atom stereocenters. The molecule has 17 heavy (non-hydrogen) atoms. The molecule has 0 aliphatic rings. The van der Waals surface area contributed by atoms with Gasteiger partial charge in [-0.05, 0) is 32.0 Å². The van der Waals surface area contributed by atoms with Gasteiger partial charge in [-0.15, -0.1) is 0 Å². The largest absolute Gasteiger partial charge is 0.493 e. The lowest BCUT2D eigenvalue weighted by molar-refractivity contribution is 0.0826. The van der Waals surface area contributed by atoms with Crippen LogP contribution in [0, 0.1) is 0 Å². The molecular weight excluding hydrogens is 218 g/mol. The molecule has 1 rings (SSSR count).